The molecule has 0 bridgehead atoms. The molecule has 0 radical (unpaired) electrons. The largest absolute Gasteiger partial charge is 0.454 e. The van der Waals surface area contributed by atoms with E-state index in [9.17, 15) is 4.79 Å². The van der Waals surface area contributed by atoms with Crippen LogP contribution in [-0.4, -0.2) is 36.6 Å². The Morgan fingerprint density at radius 2 is 1.93 bits per heavy atom. The van der Waals surface area contributed by atoms with Gasteiger partial charge in [-0.25, -0.2) is 0 Å². The van der Waals surface area contributed by atoms with E-state index >= 15 is 0 Å². The van der Waals surface area contributed by atoms with Crippen molar-refractivity contribution >= 4 is 23.3 Å². The molecule has 2 aromatic carbocycles. The predicted molar refractivity (Wildman–Crippen MR) is 111 cm³/mol. The quantitative estimate of drug-likeness (QED) is 0.672. The lowest BCUT2D eigenvalue weighted by atomic mass is 10.1. The van der Waals surface area contributed by atoms with E-state index in [1.54, 1.807) is 4.68 Å². The van der Waals surface area contributed by atoms with Gasteiger partial charge in [-0.15, -0.1) is 0 Å². The molecular weight excluding hydrogens is 392 g/mol. The molecule has 0 unspecified atom stereocenters. The SMILES string of the molecule is CN(C)c1nn(CC(=O)NCc2ccc3c(c2)OCO3)cc1-c1ccc(Cl)cc1. The van der Waals surface area contributed by atoms with Gasteiger partial charge in [0.2, 0.25) is 12.7 Å². The second-order valence-electron chi connectivity index (χ2n) is 6.93. The van der Waals surface area contributed by atoms with Crippen LogP contribution in [0.1, 0.15) is 5.56 Å². The maximum Gasteiger partial charge on any atom is 0.241 e. The van der Waals surface area contributed by atoms with Gasteiger partial charge in [0.05, 0.1) is 0 Å². The Morgan fingerprint density at radius 1 is 1.17 bits per heavy atom. The first-order valence-electron chi connectivity index (χ1n) is 9.15. The topological polar surface area (TPSA) is 68.6 Å². The second kappa shape index (κ2) is 8.05. The fourth-order valence-electron chi connectivity index (χ4n) is 3.11. The Hall–Kier alpha value is -3.19. The van der Waals surface area contributed by atoms with Gasteiger partial charge < -0.3 is 19.7 Å². The zero-order chi connectivity index (χ0) is 20.4. The summed E-state index contributed by atoms with van der Waals surface area (Å²) in [6.07, 6.45) is 1.87. The molecular formula is C21H21ClN4O3. The number of fused-ring (bicyclic) bond motifs is 1. The minimum absolute atomic E-state index is 0.124. The van der Waals surface area contributed by atoms with E-state index in [4.69, 9.17) is 21.1 Å². The molecule has 3 aromatic rings. The molecule has 0 atom stereocenters. The summed E-state index contributed by atoms with van der Waals surface area (Å²) in [5, 5.41) is 8.16. The molecule has 1 N–H and O–H groups in total. The lowest BCUT2D eigenvalue weighted by Gasteiger charge is -2.11. The van der Waals surface area contributed by atoms with E-state index in [0.717, 1.165) is 28.3 Å². The third-order valence-corrected chi connectivity index (χ3v) is 4.81. The molecule has 1 aliphatic rings. The molecule has 150 valence electrons. The highest BCUT2D eigenvalue weighted by Gasteiger charge is 2.16. The fourth-order valence-corrected chi connectivity index (χ4v) is 3.24. The van der Waals surface area contributed by atoms with Gasteiger partial charge in [-0.1, -0.05) is 29.8 Å². The first-order valence-corrected chi connectivity index (χ1v) is 9.53. The van der Waals surface area contributed by atoms with Gasteiger partial charge in [0.1, 0.15) is 6.54 Å². The second-order valence-corrected chi connectivity index (χ2v) is 7.37. The van der Waals surface area contributed by atoms with Crippen molar-refractivity contribution in [3.8, 4) is 22.6 Å². The molecule has 1 aliphatic heterocycles. The Bertz CT molecular complexity index is 1030. The first-order chi connectivity index (χ1) is 14.0. The molecule has 0 spiro atoms. The van der Waals surface area contributed by atoms with Gasteiger partial charge in [-0.2, -0.15) is 5.10 Å². The normalized spacial score (nSPS) is 12.1. The number of amides is 1. The first kappa shape index (κ1) is 19.1. The number of anilines is 1. The molecule has 0 fully saturated rings. The van der Waals surface area contributed by atoms with E-state index in [1.165, 1.54) is 0 Å². The Balaban J connectivity index is 1.44. The molecule has 8 heteroatoms. The van der Waals surface area contributed by atoms with Crippen LogP contribution in [0.3, 0.4) is 0 Å². The lowest BCUT2D eigenvalue weighted by molar-refractivity contribution is -0.122. The maximum absolute atomic E-state index is 12.4. The van der Waals surface area contributed by atoms with Crippen LogP contribution >= 0.6 is 11.6 Å². The smallest absolute Gasteiger partial charge is 0.241 e. The lowest BCUT2D eigenvalue weighted by Crippen LogP contribution is -2.27. The number of rotatable bonds is 6. The van der Waals surface area contributed by atoms with E-state index in [1.807, 2.05) is 67.7 Å². The highest BCUT2D eigenvalue weighted by molar-refractivity contribution is 6.30. The number of halogens is 1. The number of aromatic nitrogens is 2. The fraction of sp³-hybridized carbons (Fsp3) is 0.238. The summed E-state index contributed by atoms with van der Waals surface area (Å²) in [6, 6.07) is 13.2. The molecule has 4 rings (SSSR count). The minimum atomic E-state index is -0.127. The predicted octanol–water partition coefficient (Wildman–Crippen LogP) is 3.31. The van der Waals surface area contributed by atoms with Gasteiger partial charge in [0.25, 0.3) is 0 Å². The number of benzene rings is 2. The summed E-state index contributed by atoms with van der Waals surface area (Å²) in [5.41, 5.74) is 2.87. The zero-order valence-electron chi connectivity index (χ0n) is 16.2. The molecule has 0 saturated carbocycles. The van der Waals surface area contributed by atoms with Gasteiger partial charge in [-0.3, -0.25) is 9.48 Å². The number of carbonyl (C=O) groups is 1. The Kier molecular flexibility index (Phi) is 5.31. The highest BCUT2D eigenvalue weighted by atomic mass is 35.5. The van der Waals surface area contributed by atoms with E-state index < -0.39 is 0 Å². The minimum Gasteiger partial charge on any atom is -0.454 e. The average Bonchev–Trinajstić information content (AvgIpc) is 3.33. The van der Waals surface area contributed by atoms with E-state index in [0.29, 0.717) is 17.3 Å². The zero-order valence-corrected chi connectivity index (χ0v) is 16.9. The molecule has 2 heterocycles. The third-order valence-electron chi connectivity index (χ3n) is 4.55. The van der Waals surface area contributed by atoms with Gasteiger partial charge in [-0.05, 0) is 35.4 Å². The standard InChI is InChI=1S/C21H21ClN4O3/c1-25(2)21-17(15-4-6-16(22)7-5-15)11-26(24-21)12-20(27)23-10-14-3-8-18-19(9-14)29-13-28-18/h3-9,11H,10,12-13H2,1-2H3,(H,23,27). The third kappa shape index (κ3) is 4.30. The number of ether oxygens (including phenoxy) is 2. The van der Waals surface area contributed by atoms with Crippen molar-refractivity contribution < 1.29 is 14.3 Å². The number of nitrogens with zero attached hydrogens (tertiary/aromatic N) is 3. The van der Waals surface area contributed by atoms with Crippen molar-refractivity contribution in [2.45, 2.75) is 13.1 Å². The average molecular weight is 413 g/mol. The van der Waals surface area contributed by atoms with E-state index in [2.05, 4.69) is 10.4 Å². The van der Waals surface area contributed by atoms with Gasteiger partial charge in [0.15, 0.2) is 17.3 Å². The summed E-state index contributed by atoms with van der Waals surface area (Å²) in [7, 11) is 3.84. The molecule has 29 heavy (non-hydrogen) atoms. The van der Waals surface area contributed by atoms with Gasteiger partial charge >= 0.3 is 0 Å². The molecule has 0 aliphatic carbocycles. The summed E-state index contributed by atoms with van der Waals surface area (Å²) in [4.78, 5) is 14.4. The summed E-state index contributed by atoms with van der Waals surface area (Å²) in [6.45, 7) is 0.759. The number of nitrogens with one attached hydrogen (secondary N) is 1. The molecule has 7 nitrogen and oxygen atoms in total. The number of carbonyl (C=O) groups excluding carboxylic acids is 1. The van der Waals surface area contributed by atoms with Crippen molar-refractivity contribution in [2.75, 3.05) is 25.8 Å². The number of hydrogen-bond acceptors (Lipinski definition) is 5. The Morgan fingerprint density at radius 3 is 2.69 bits per heavy atom. The van der Waals surface area contributed by atoms with Crippen LogP contribution in [0, 0.1) is 0 Å². The summed E-state index contributed by atoms with van der Waals surface area (Å²) in [5.74, 6) is 2.09. The van der Waals surface area contributed by atoms with Crippen LogP contribution in [0.15, 0.2) is 48.7 Å². The van der Waals surface area contributed by atoms with Crippen molar-refractivity contribution in [3.05, 3.63) is 59.2 Å². The molecule has 0 saturated heterocycles. The highest BCUT2D eigenvalue weighted by Crippen LogP contribution is 2.32. The molecule has 1 amide bonds. The van der Waals surface area contributed by atoms with Crippen molar-refractivity contribution in [1.82, 2.24) is 15.1 Å². The van der Waals surface area contributed by atoms with Gasteiger partial charge in [0, 0.05) is 37.4 Å². The monoisotopic (exact) mass is 412 g/mol. The van der Waals surface area contributed by atoms with Crippen LogP contribution in [0.2, 0.25) is 5.02 Å². The van der Waals surface area contributed by atoms with Crippen molar-refractivity contribution in [3.63, 3.8) is 0 Å². The summed E-state index contributed by atoms with van der Waals surface area (Å²) >= 11 is 5.99. The van der Waals surface area contributed by atoms with Crippen molar-refractivity contribution in [2.24, 2.45) is 0 Å². The molecule has 1 aromatic heterocycles. The van der Waals surface area contributed by atoms with Crippen LogP contribution < -0.4 is 19.7 Å². The van der Waals surface area contributed by atoms with Crippen LogP contribution in [0.25, 0.3) is 11.1 Å². The van der Waals surface area contributed by atoms with Crippen molar-refractivity contribution in [1.29, 1.82) is 0 Å². The van der Waals surface area contributed by atoms with Crippen LogP contribution in [-0.2, 0) is 17.9 Å². The van der Waals surface area contributed by atoms with Crippen LogP contribution in [0.4, 0.5) is 5.82 Å². The van der Waals surface area contributed by atoms with Crippen LogP contribution in [0.5, 0.6) is 11.5 Å². The Labute approximate surface area is 173 Å². The summed E-state index contributed by atoms with van der Waals surface area (Å²) < 4.78 is 12.3. The number of hydrogen-bond donors (Lipinski definition) is 1. The van der Waals surface area contributed by atoms with E-state index in [-0.39, 0.29) is 19.2 Å². The maximum atomic E-state index is 12.4.